The van der Waals surface area contributed by atoms with Crippen LogP contribution in [0.15, 0.2) is 85.1 Å². The van der Waals surface area contributed by atoms with Gasteiger partial charge in [0.15, 0.2) is 6.23 Å². The third kappa shape index (κ3) is 8.66. The van der Waals surface area contributed by atoms with Crippen LogP contribution in [0.5, 0.6) is 0 Å². The van der Waals surface area contributed by atoms with Gasteiger partial charge in [0.1, 0.15) is 5.69 Å². The predicted molar refractivity (Wildman–Crippen MR) is 169 cm³/mol. The second-order valence-corrected chi connectivity index (χ2v) is 10.4. The molecule has 222 valence electrons. The Bertz CT molecular complexity index is 1620. The number of anilines is 4. The van der Waals surface area contributed by atoms with Gasteiger partial charge in [-0.05, 0) is 62.6 Å². The highest BCUT2D eigenvalue weighted by atomic mass is 35.5. The van der Waals surface area contributed by atoms with E-state index in [1.165, 1.54) is 24.4 Å². The minimum atomic E-state index is -1.07. The summed E-state index contributed by atoms with van der Waals surface area (Å²) in [7, 11) is 3.81. The fourth-order valence-corrected chi connectivity index (χ4v) is 4.45. The fourth-order valence-electron chi connectivity index (χ4n) is 3.88. The molecule has 1 unspecified atom stereocenters. The molecule has 0 aliphatic carbocycles. The minimum Gasteiger partial charge on any atom is -0.369 e. The van der Waals surface area contributed by atoms with Gasteiger partial charge in [-0.15, -0.1) is 0 Å². The zero-order valence-electron chi connectivity index (χ0n) is 23.2. The second-order valence-electron chi connectivity index (χ2n) is 9.57. The van der Waals surface area contributed by atoms with Gasteiger partial charge >= 0.3 is 0 Å². The first-order valence-corrected chi connectivity index (χ1v) is 13.7. The number of aliphatic hydroxyl groups is 1. The fraction of sp³-hybridized carbons (Fsp3) is 0.133. The van der Waals surface area contributed by atoms with Crippen LogP contribution >= 0.6 is 23.2 Å². The Morgan fingerprint density at radius 2 is 1.58 bits per heavy atom. The van der Waals surface area contributed by atoms with Crippen LogP contribution in [0.2, 0.25) is 10.0 Å². The van der Waals surface area contributed by atoms with Gasteiger partial charge in [-0.3, -0.25) is 19.5 Å². The third-order valence-electron chi connectivity index (χ3n) is 5.96. The van der Waals surface area contributed by atoms with Crippen LogP contribution in [0.25, 0.3) is 0 Å². The zero-order valence-corrected chi connectivity index (χ0v) is 24.7. The van der Waals surface area contributed by atoms with E-state index < -0.39 is 18.0 Å². The number of aromatic amines is 1. The first-order chi connectivity index (χ1) is 20.6. The lowest BCUT2D eigenvalue weighted by Gasteiger charge is -2.16. The topological polar surface area (TPSA) is 151 Å². The van der Waals surface area contributed by atoms with Crippen molar-refractivity contribution in [3.8, 4) is 0 Å². The number of hydrogen-bond acceptors (Lipinski definition) is 7. The summed E-state index contributed by atoms with van der Waals surface area (Å²) in [5.41, 5.74) is 2.36. The largest absolute Gasteiger partial charge is 0.369 e. The van der Waals surface area contributed by atoms with Crippen molar-refractivity contribution in [1.82, 2.24) is 15.1 Å². The van der Waals surface area contributed by atoms with Crippen molar-refractivity contribution in [1.29, 1.82) is 0 Å². The molecule has 6 N–H and O–H groups in total. The van der Waals surface area contributed by atoms with Gasteiger partial charge in [-0.25, -0.2) is 0 Å². The van der Waals surface area contributed by atoms with Crippen molar-refractivity contribution in [3.63, 3.8) is 0 Å². The van der Waals surface area contributed by atoms with Gasteiger partial charge < -0.3 is 31.3 Å². The van der Waals surface area contributed by atoms with Crippen LogP contribution in [0, 0.1) is 0 Å². The molecule has 1 heterocycles. The lowest BCUT2D eigenvalue weighted by molar-refractivity contribution is -0.111. The molecule has 0 spiro atoms. The molecule has 1 aromatic heterocycles. The second kappa shape index (κ2) is 14.5. The molecule has 3 amide bonds. The van der Waals surface area contributed by atoms with Gasteiger partial charge in [0.2, 0.25) is 5.91 Å². The molecule has 43 heavy (non-hydrogen) atoms. The Hall–Kier alpha value is -4.68. The van der Waals surface area contributed by atoms with Gasteiger partial charge in [0.05, 0.1) is 27.5 Å². The highest BCUT2D eigenvalue weighted by molar-refractivity contribution is 6.40. The molecule has 0 radical (unpaired) electrons. The Labute approximate surface area is 257 Å². The van der Waals surface area contributed by atoms with E-state index >= 15 is 0 Å². The van der Waals surface area contributed by atoms with Gasteiger partial charge in [-0.2, -0.15) is 5.10 Å². The van der Waals surface area contributed by atoms with E-state index in [1.54, 1.807) is 60.7 Å². The highest BCUT2D eigenvalue weighted by Crippen LogP contribution is 2.26. The standard InChI is InChI=1S/C30H29Cl2N7O4/c1-39(2)15-5-10-25(40)34-21-7-3-6-18(16-21)28(41)35-19-11-13-20(14-12-19)36-30(43)27-24(17-33-38-27)37-29(42)26-22(31)8-4-9-23(26)32/h3-14,16-17,28,35,41H,15H2,1-2H3,(H,33,38)(H,34,40)(H,36,43)(H,37,42)/b10-5+. The van der Waals surface area contributed by atoms with E-state index in [-0.39, 0.29) is 32.9 Å². The van der Waals surface area contributed by atoms with Crippen molar-refractivity contribution < 1.29 is 19.5 Å². The van der Waals surface area contributed by atoms with Crippen molar-refractivity contribution >= 4 is 63.7 Å². The molecular weight excluding hydrogens is 593 g/mol. The molecule has 0 fully saturated rings. The molecule has 0 saturated carbocycles. The summed E-state index contributed by atoms with van der Waals surface area (Å²) >= 11 is 12.2. The molecule has 4 rings (SSSR count). The normalized spacial score (nSPS) is 11.8. The van der Waals surface area contributed by atoms with Gasteiger partial charge in [-0.1, -0.05) is 47.5 Å². The summed E-state index contributed by atoms with van der Waals surface area (Å²) < 4.78 is 0. The SMILES string of the molecule is CN(C)C/C=C/C(=O)Nc1cccc(C(O)Nc2ccc(NC(=O)c3[nH]ncc3NC(=O)c3c(Cl)cccc3Cl)cc2)c1. The average molecular weight is 623 g/mol. The van der Waals surface area contributed by atoms with E-state index in [0.717, 1.165) is 0 Å². The highest BCUT2D eigenvalue weighted by Gasteiger charge is 2.20. The van der Waals surface area contributed by atoms with Crippen LogP contribution < -0.4 is 21.3 Å². The number of likely N-dealkylation sites (N-methyl/N-ethyl adjacent to an activating group) is 1. The molecular formula is C30H29Cl2N7O4. The van der Waals surface area contributed by atoms with Crippen LogP contribution in [0.4, 0.5) is 22.7 Å². The number of nitrogens with zero attached hydrogens (tertiary/aromatic N) is 2. The number of hydrogen-bond donors (Lipinski definition) is 6. The summed E-state index contributed by atoms with van der Waals surface area (Å²) in [5.74, 6) is -1.41. The number of aromatic nitrogens is 2. The van der Waals surface area contributed by atoms with E-state index in [2.05, 4.69) is 31.5 Å². The number of H-pyrrole nitrogens is 1. The summed E-state index contributed by atoms with van der Waals surface area (Å²) in [5, 5.41) is 28.6. The Morgan fingerprint density at radius 1 is 0.907 bits per heavy atom. The maximum atomic E-state index is 12.9. The molecule has 0 saturated heterocycles. The van der Waals surface area contributed by atoms with Gasteiger partial charge in [0.25, 0.3) is 11.8 Å². The zero-order chi connectivity index (χ0) is 30.9. The average Bonchev–Trinajstić information content (AvgIpc) is 3.42. The molecule has 1 atom stereocenters. The predicted octanol–water partition coefficient (Wildman–Crippen LogP) is 5.38. The number of rotatable bonds is 11. The van der Waals surface area contributed by atoms with E-state index in [0.29, 0.717) is 29.2 Å². The summed E-state index contributed by atoms with van der Waals surface area (Å²) in [6.45, 7) is 0.640. The first kappa shape index (κ1) is 31.3. The van der Waals surface area contributed by atoms with Crippen molar-refractivity contribution in [2.24, 2.45) is 0 Å². The van der Waals surface area contributed by atoms with Crippen LogP contribution in [-0.4, -0.2) is 58.6 Å². The number of aliphatic hydroxyl groups excluding tert-OH is 1. The van der Waals surface area contributed by atoms with Crippen molar-refractivity contribution in [2.75, 3.05) is 41.9 Å². The van der Waals surface area contributed by atoms with Crippen molar-refractivity contribution in [3.05, 3.63) is 112 Å². The molecule has 11 nitrogen and oxygen atoms in total. The Kier molecular flexibility index (Phi) is 10.5. The van der Waals surface area contributed by atoms with Gasteiger partial charge in [0, 0.05) is 35.2 Å². The summed E-state index contributed by atoms with van der Waals surface area (Å²) in [4.78, 5) is 39.7. The monoisotopic (exact) mass is 621 g/mol. The first-order valence-electron chi connectivity index (χ1n) is 13.0. The lowest BCUT2D eigenvalue weighted by Crippen LogP contribution is -2.18. The van der Waals surface area contributed by atoms with E-state index in [9.17, 15) is 19.5 Å². The van der Waals surface area contributed by atoms with Crippen LogP contribution in [-0.2, 0) is 4.79 Å². The number of nitrogens with one attached hydrogen (secondary N) is 5. The maximum Gasteiger partial charge on any atom is 0.275 e. The smallest absolute Gasteiger partial charge is 0.275 e. The summed E-state index contributed by atoms with van der Waals surface area (Å²) in [6, 6.07) is 18.2. The molecule has 0 aliphatic heterocycles. The summed E-state index contributed by atoms with van der Waals surface area (Å²) in [6.07, 6.45) is 3.45. The Morgan fingerprint density at radius 3 is 2.28 bits per heavy atom. The lowest BCUT2D eigenvalue weighted by atomic mass is 10.1. The number of carbonyl (C=O) groups excluding carboxylic acids is 3. The molecule has 0 bridgehead atoms. The number of halogens is 2. The Balaban J connectivity index is 1.34. The van der Waals surface area contributed by atoms with Crippen LogP contribution in [0.3, 0.4) is 0 Å². The number of amides is 3. The maximum absolute atomic E-state index is 12.9. The number of carbonyl (C=O) groups is 3. The van der Waals surface area contributed by atoms with Crippen molar-refractivity contribution in [2.45, 2.75) is 6.23 Å². The van der Waals surface area contributed by atoms with E-state index in [4.69, 9.17) is 23.2 Å². The van der Waals surface area contributed by atoms with Crippen LogP contribution in [0.1, 0.15) is 32.6 Å². The minimum absolute atomic E-state index is 0.0225. The number of benzene rings is 3. The third-order valence-corrected chi connectivity index (χ3v) is 6.59. The molecule has 4 aromatic rings. The quantitative estimate of drug-likeness (QED) is 0.0971. The molecule has 0 aliphatic rings. The molecule has 3 aromatic carbocycles. The van der Waals surface area contributed by atoms with E-state index in [1.807, 2.05) is 19.0 Å². The molecule has 13 heteroatoms.